The van der Waals surface area contributed by atoms with E-state index in [9.17, 15) is 14.7 Å². The average Bonchev–Trinajstić information content (AvgIpc) is 2.25. The molecule has 82 valence electrons. The van der Waals surface area contributed by atoms with Gasteiger partial charge in [-0.05, 0) is 12.8 Å². The van der Waals surface area contributed by atoms with Crippen molar-refractivity contribution in [1.29, 1.82) is 0 Å². The van der Waals surface area contributed by atoms with Crippen molar-refractivity contribution in [3.8, 4) is 0 Å². The topological polar surface area (TPSA) is 69.2 Å². The highest BCUT2D eigenvalue weighted by Crippen LogP contribution is 2.25. The third-order valence-corrected chi connectivity index (χ3v) is 2.49. The second-order valence-electron chi connectivity index (χ2n) is 3.51. The molecule has 0 spiro atoms. The molecule has 0 saturated carbocycles. The van der Waals surface area contributed by atoms with Crippen molar-refractivity contribution >= 4 is 11.9 Å². The van der Waals surface area contributed by atoms with Crippen molar-refractivity contribution in [1.82, 2.24) is 5.32 Å². The molecule has 15 heavy (non-hydrogen) atoms. The first kappa shape index (κ1) is 11.5. The number of carboxylic acids is 1. The Kier molecular flexibility index (Phi) is 4.09. The molecule has 0 unspecified atom stereocenters. The zero-order valence-electron chi connectivity index (χ0n) is 8.44. The number of carboxylic acid groups (broad SMARTS) is 1. The van der Waals surface area contributed by atoms with Gasteiger partial charge < -0.3 is 15.2 Å². The quantitative estimate of drug-likeness (QED) is 0.640. The molecule has 4 heteroatoms. The lowest BCUT2D eigenvalue weighted by molar-refractivity contribution is -0.313. The van der Waals surface area contributed by atoms with E-state index in [-0.39, 0.29) is 5.91 Å². The van der Waals surface area contributed by atoms with Gasteiger partial charge in [-0.2, -0.15) is 0 Å². The average molecular weight is 208 g/mol. The molecule has 0 fully saturated rings. The van der Waals surface area contributed by atoms with Gasteiger partial charge in [0.25, 0.3) is 0 Å². The molecule has 0 radical (unpaired) electrons. The van der Waals surface area contributed by atoms with Crippen LogP contribution in [0.4, 0.5) is 0 Å². The first-order valence-corrected chi connectivity index (χ1v) is 4.91. The standard InChI is InChI=1S/C11H15NO3/c1-2-7-12-10(13)8-5-3-4-6-9(8)11(14)15/h2-4,8-9H,1,5-7H2,(H,12,13)(H,14,15)/p-1/t8-,9-/m0/s1. The van der Waals surface area contributed by atoms with Gasteiger partial charge in [0.2, 0.25) is 5.91 Å². The minimum Gasteiger partial charge on any atom is -0.550 e. The van der Waals surface area contributed by atoms with Crippen molar-refractivity contribution in [2.75, 3.05) is 6.54 Å². The Balaban J connectivity index is 2.64. The van der Waals surface area contributed by atoms with Crippen molar-refractivity contribution in [3.05, 3.63) is 24.8 Å². The summed E-state index contributed by atoms with van der Waals surface area (Å²) in [6.45, 7) is 3.83. The summed E-state index contributed by atoms with van der Waals surface area (Å²) in [6.07, 6.45) is 6.00. The molecule has 0 heterocycles. The van der Waals surface area contributed by atoms with Crippen molar-refractivity contribution in [2.24, 2.45) is 11.8 Å². The van der Waals surface area contributed by atoms with E-state index in [1.807, 2.05) is 6.08 Å². The lowest BCUT2D eigenvalue weighted by Gasteiger charge is -2.27. The maximum Gasteiger partial charge on any atom is 0.224 e. The lowest BCUT2D eigenvalue weighted by Crippen LogP contribution is -2.43. The summed E-state index contributed by atoms with van der Waals surface area (Å²) < 4.78 is 0. The maximum absolute atomic E-state index is 11.6. The lowest BCUT2D eigenvalue weighted by atomic mass is 9.82. The van der Waals surface area contributed by atoms with Crippen LogP contribution in [0.1, 0.15) is 12.8 Å². The number of hydrogen-bond donors (Lipinski definition) is 1. The van der Waals surface area contributed by atoms with Gasteiger partial charge in [0.15, 0.2) is 0 Å². The maximum atomic E-state index is 11.6. The molecule has 2 atom stereocenters. The van der Waals surface area contributed by atoms with E-state index in [4.69, 9.17) is 0 Å². The molecule has 0 aromatic heterocycles. The van der Waals surface area contributed by atoms with Crippen LogP contribution in [0, 0.1) is 11.8 Å². The zero-order valence-corrected chi connectivity index (χ0v) is 8.44. The van der Waals surface area contributed by atoms with E-state index < -0.39 is 17.8 Å². The molecule has 1 aliphatic rings. The Morgan fingerprint density at radius 1 is 1.40 bits per heavy atom. The molecule has 1 amide bonds. The van der Waals surface area contributed by atoms with E-state index in [1.165, 1.54) is 0 Å². The van der Waals surface area contributed by atoms with Gasteiger partial charge in [-0.15, -0.1) is 6.58 Å². The normalized spacial score (nSPS) is 24.5. The van der Waals surface area contributed by atoms with Crippen LogP contribution in [-0.4, -0.2) is 18.4 Å². The second-order valence-corrected chi connectivity index (χ2v) is 3.51. The number of carbonyl (C=O) groups is 2. The molecule has 1 N–H and O–H groups in total. The van der Waals surface area contributed by atoms with E-state index in [0.29, 0.717) is 19.4 Å². The van der Waals surface area contributed by atoms with E-state index in [2.05, 4.69) is 11.9 Å². The fourth-order valence-corrected chi connectivity index (χ4v) is 1.67. The molecule has 0 aliphatic heterocycles. The number of hydrogen-bond acceptors (Lipinski definition) is 3. The third-order valence-electron chi connectivity index (χ3n) is 2.49. The van der Waals surface area contributed by atoms with Gasteiger partial charge in [-0.1, -0.05) is 18.2 Å². The largest absolute Gasteiger partial charge is 0.550 e. The molecular formula is C11H14NO3-. The van der Waals surface area contributed by atoms with Crippen LogP contribution in [0.25, 0.3) is 0 Å². The Hall–Kier alpha value is -1.58. The Morgan fingerprint density at radius 2 is 2.00 bits per heavy atom. The summed E-state index contributed by atoms with van der Waals surface area (Å²) in [5.74, 6) is -2.62. The zero-order chi connectivity index (χ0) is 11.3. The smallest absolute Gasteiger partial charge is 0.224 e. The Morgan fingerprint density at radius 3 is 2.53 bits per heavy atom. The van der Waals surface area contributed by atoms with Crippen LogP contribution in [0.15, 0.2) is 24.8 Å². The summed E-state index contributed by atoms with van der Waals surface area (Å²) >= 11 is 0. The SMILES string of the molecule is C=CCNC(=O)[C@H]1CC=CC[C@@H]1C(=O)[O-]. The minimum absolute atomic E-state index is 0.242. The molecule has 1 rings (SSSR count). The Bertz CT molecular complexity index is 296. The molecule has 0 aromatic rings. The van der Waals surface area contributed by atoms with E-state index in [0.717, 1.165) is 0 Å². The second kappa shape index (κ2) is 5.34. The highest BCUT2D eigenvalue weighted by atomic mass is 16.4. The molecule has 0 bridgehead atoms. The van der Waals surface area contributed by atoms with Gasteiger partial charge in [0.05, 0.1) is 0 Å². The number of allylic oxidation sites excluding steroid dienone is 2. The molecule has 0 saturated heterocycles. The molecule has 0 aromatic carbocycles. The highest BCUT2D eigenvalue weighted by molar-refractivity contribution is 5.84. The van der Waals surface area contributed by atoms with Crippen LogP contribution in [0.5, 0.6) is 0 Å². The number of rotatable bonds is 4. The summed E-state index contributed by atoms with van der Waals surface area (Å²) in [5.41, 5.74) is 0. The van der Waals surface area contributed by atoms with Crippen LogP contribution < -0.4 is 10.4 Å². The summed E-state index contributed by atoms with van der Waals surface area (Å²) in [7, 11) is 0. The van der Waals surface area contributed by atoms with Crippen molar-refractivity contribution in [2.45, 2.75) is 12.8 Å². The first-order chi connectivity index (χ1) is 7.16. The van der Waals surface area contributed by atoms with Crippen LogP contribution in [0.2, 0.25) is 0 Å². The predicted molar refractivity (Wildman–Crippen MR) is 53.6 cm³/mol. The van der Waals surface area contributed by atoms with Gasteiger partial charge in [0.1, 0.15) is 0 Å². The molecular weight excluding hydrogens is 194 g/mol. The van der Waals surface area contributed by atoms with Gasteiger partial charge in [-0.25, -0.2) is 0 Å². The fraction of sp³-hybridized carbons (Fsp3) is 0.455. The summed E-state index contributed by atoms with van der Waals surface area (Å²) in [4.78, 5) is 22.4. The van der Waals surface area contributed by atoms with Gasteiger partial charge >= 0.3 is 0 Å². The number of carbonyl (C=O) groups excluding carboxylic acids is 2. The van der Waals surface area contributed by atoms with Gasteiger partial charge in [-0.3, -0.25) is 4.79 Å². The number of aliphatic carboxylic acids is 1. The highest BCUT2D eigenvalue weighted by Gasteiger charge is 2.29. The molecule has 4 nitrogen and oxygen atoms in total. The monoisotopic (exact) mass is 208 g/mol. The third kappa shape index (κ3) is 2.94. The summed E-state index contributed by atoms with van der Waals surface area (Å²) in [5, 5.41) is 13.4. The van der Waals surface area contributed by atoms with Gasteiger partial charge in [0, 0.05) is 24.3 Å². The van der Waals surface area contributed by atoms with E-state index in [1.54, 1.807) is 12.2 Å². The minimum atomic E-state index is -1.15. The number of amides is 1. The molecule has 1 aliphatic carbocycles. The summed E-state index contributed by atoms with van der Waals surface area (Å²) in [6, 6.07) is 0. The van der Waals surface area contributed by atoms with Crippen LogP contribution in [-0.2, 0) is 9.59 Å². The van der Waals surface area contributed by atoms with Crippen LogP contribution >= 0.6 is 0 Å². The first-order valence-electron chi connectivity index (χ1n) is 4.91. The fourth-order valence-electron chi connectivity index (χ4n) is 1.67. The van der Waals surface area contributed by atoms with Crippen molar-refractivity contribution in [3.63, 3.8) is 0 Å². The number of nitrogens with one attached hydrogen (secondary N) is 1. The Labute approximate surface area is 88.7 Å². The predicted octanol–water partition coefficient (Wildman–Crippen LogP) is -0.379. The van der Waals surface area contributed by atoms with E-state index >= 15 is 0 Å². The van der Waals surface area contributed by atoms with Crippen molar-refractivity contribution < 1.29 is 14.7 Å². The van der Waals surface area contributed by atoms with Crippen LogP contribution in [0.3, 0.4) is 0 Å².